The number of fused-ring (bicyclic) bond motifs is 1. The van der Waals surface area contributed by atoms with Crippen LogP contribution in [0.15, 0.2) is 12.1 Å². The van der Waals surface area contributed by atoms with E-state index < -0.39 is 11.6 Å². The Balaban J connectivity index is 1.18. The van der Waals surface area contributed by atoms with E-state index in [0.717, 1.165) is 75.1 Å². The van der Waals surface area contributed by atoms with Crippen LogP contribution in [0.5, 0.6) is 0 Å². The van der Waals surface area contributed by atoms with Crippen LogP contribution in [0.3, 0.4) is 0 Å². The van der Waals surface area contributed by atoms with E-state index in [4.69, 9.17) is 9.72 Å². The lowest BCUT2D eigenvalue weighted by atomic mass is 9.91. The van der Waals surface area contributed by atoms with Crippen molar-refractivity contribution in [1.82, 2.24) is 29.9 Å². The third-order valence-corrected chi connectivity index (χ3v) is 7.69. The molecule has 3 aliphatic heterocycles. The van der Waals surface area contributed by atoms with Gasteiger partial charge in [0.25, 0.3) is 0 Å². The SMILES string of the molecule is Cn1nc(N2CCC(=O)NC2=O)c2ccc(C3CCN(CC4CCCN(C(=O)OC(C)(C)C)C4)CC3)nc21. The number of nitrogens with zero attached hydrogens (tertiary/aromatic N) is 6. The van der Waals surface area contributed by atoms with Crippen LogP contribution in [-0.4, -0.2) is 87.5 Å². The summed E-state index contributed by atoms with van der Waals surface area (Å²) in [7, 11) is 1.84. The first-order valence-corrected chi connectivity index (χ1v) is 13.7. The molecule has 11 nitrogen and oxygen atoms in total. The third-order valence-electron chi connectivity index (χ3n) is 7.69. The average molecular weight is 526 g/mol. The highest BCUT2D eigenvalue weighted by Gasteiger charge is 2.31. The fraction of sp³-hybridized carbons (Fsp3) is 0.667. The monoisotopic (exact) mass is 525 g/mol. The van der Waals surface area contributed by atoms with Gasteiger partial charge in [-0.2, -0.15) is 5.10 Å². The van der Waals surface area contributed by atoms with Crippen molar-refractivity contribution in [1.29, 1.82) is 0 Å². The summed E-state index contributed by atoms with van der Waals surface area (Å²) in [5, 5.41) is 7.73. The number of carbonyl (C=O) groups is 3. The lowest BCUT2D eigenvalue weighted by Gasteiger charge is -2.38. The van der Waals surface area contributed by atoms with Gasteiger partial charge in [0.05, 0.1) is 5.39 Å². The maximum atomic E-state index is 12.5. The van der Waals surface area contributed by atoms with E-state index in [2.05, 4.69) is 21.4 Å². The minimum atomic E-state index is -0.470. The van der Waals surface area contributed by atoms with Crippen LogP contribution in [0, 0.1) is 5.92 Å². The van der Waals surface area contributed by atoms with Gasteiger partial charge in [-0.3, -0.25) is 15.0 Å². The fourth-order valence-electron chi connectivity index (χ4n) is 5.80. The number of aromatic nitrogens is 3. The van der Waals surface area contributed by atoms with Gasteiger partial charge in [0, 0.05) is 51.3 Å². The van der Waals surface area contributed by atoms with E-state index in [1.807, 2.05) is 38.8 Å². The molecule has 1 N–H and O–H groups in total. The number of rotatable bonds is 4. The number of likely N-dealkylation sites (tertiary alicyclic amines) is 2. The molecule has 0 spiro atoms. The van der Waals surface area contributed by atoms with Gasteiger partial charge in [0.15, 0.2) is 11.5 Å². The molecule has 3 saturated heterocycles. The number of hydrogen-bond acceptors (Lipinski definition) is 7. The van der Waals surface area contributed by atoms with Crippen LogP contribution >= 0.6 is 0 Å². The normalized spacial score (nSPS) is 22.2. The van der Waals surface area contributed by atoms with Crippen molar-refractivity contribution < 1.29 is 19.1 Å². The zero-order valence-corrected chi connectivity index (χ0v) is 22.9. The van der Waals surface area contributed by atoms with Gasteiger partial charge in [0.1, 0.15) is 5.60 Å². The summed E-state index contributed by atoms with van der Waals surface area (Å²) in [5.41, 5.74) is 1.33. The molecule has 0 bridgehead atoms. The maximum absolute atomic E-state index is 12.5. The second-order valence-corrected chi connectivity index (χ2v) is 11.8. The first kappa shape index (κ1) is 26.4. The van der Waals surface area contributed by atoms with Crippen LogP contribution in [0.4, 0.5) is 15.4 Å². The molecule has 3 fully saturated rings. The number of ether oxygens (including phenoxy) is 1. The molecule has 38 heavy (non-hydrogen) atoms. The summed E-state index contributed by atoms with van der Waals surface area (Å²) in [6, 6.07) is 3.62. The predicted molar refractivity (Wildman–Crippen MR) is 143 cm³/mol. The molecule has 0 saturated carbocycles. The van der Waals surface area contributed by atoms with E-state index >= 15 is 0 Å². The van der Waals surface area contributed by atoms with E-state index in [1.54, 1.807) is 4.68 Å². The van der Waals surface area contributed by atoms with Gasteiger partial charge < -0.3 is 14.5 Å². The van der Waals surface area contributed by atoms with Gasteiger partial charge >= 0.3 is 12.1 Å². The van der Waals surface area contributed by atoms with Crippen molar-refractivity contribution in [2.24, 2.45) is 13.0 Å². The molecular weight excluding hydrogens is 486 g/mol. The second kappa shape index (κ2) is 10.5. The number of pyridine rings is 1. The zero-order chi connectivity index (χ0) is 27.0. The molecule has 2 aromatic heterocycles. The highest BCUT2D eigenvalue weighted by atomic mass is 16.6. The molecular formula is C27H39N7O4. The number of hydrogen-bond donors (Lipinski definition) is 1. The Hall–Kier alpha value is -3.21. The second-order valence-electron chi connectivity index (χ2n) is 11.8. The zero-order valence-electron chi connectivity index (χ0n) is 22.9. The standard InChI is InChI=1S/C27H39N7O4/c1-27(2,3)38-26(37)33-12-5-6-18(17-33)16-32-13-9-19(10-14-32)21-8-7-20-23(28-21)31(4)30-24(20)34-15-11-22(35)29-25(34)36/h7-8,18-19H,5-6,9-17H2,1-4H3,(H,29,35,36). The molecule has 0 radical (unpaired) electrons. The largest absolute Gasteiger partial charge is 0.444 e. The molecule has 5 heterocycles. The number of amides is 4. The topological polar surface area (TPSA) is 113 Å². The Morgan fingerprint density at radius 3 is 2.58 bits per heavy atom. The summed E-state index contributed by atoms with van der Waals surface area (Å²) in [4.78, 5) is 47.3. The van der Waals surface area contributed by atoms with E-state index in [9.17, 15) is 14.4 Å². The number of aryl methyl sites for hydroxylation is 1. The Morgan fingerprint density at radius 1 is 1.11 bits per heavy atom. The summed E-state index contributed by atoms with van der Waals surface area (Å²) >= 11 is 0. The number of anilines is 1. The molecule has 11 heteroatoms. The molecule has 2 aromatic rings. The average Bonchev–Trinajstić information content (AvgIpc) is 3.19. The maximum Gasteiger partial charge on any atom is 0.410 e. The first-order valence-electron chi connectivity index (χ1n) is 13.7. The Morgan fingerprint density at radius 2 is 1.87 bits per heavy atom. The number of imide groups is 1. The molecule has 5 rings (SSSR count). The minimum absolute atomic E-state index is 0.199. The molecule has 3 aliphatic rings. The van der Waals surface area contributed by atoms with Gasteiger partial charge in [-0.05, 0) is 77.6 Å². The molecule has 0 aromatic carbocycles. The van der Waals surface area contributed by atoms with Crippen LogP contribution < -0.4 is 10.2 Å². The highest BCUT2D eigenvalue weighted by Crippen LogP contribution is 2.32. The smallest absolute Gasteiger partial charge is 0.410 e. The van der Waals surface area contributed by atoms with Crippen molar-refractivity contribution >= 4 is 34.9 Å². The number of piperidine rings is 2. The molecule has 1 unspecified atom stereocenters. The highest BCUT2D eigenvalue weighted by molar-refractivity contribution is 6.08. The number of carbonyl (C=O) groups excluding carboxylic acids is 3. The van der Waals surface area contributed by atoms with Gasteiger partial charge in [-0.1, -0.05) is 0 Å². The molecule has 0 aliphatic carbocycles. The van der Waals surface area contributed by atoms with E-state index in [0.29, 0.717) is 24.2 Å². The minimum Gasteiger partial charge on any atom is -0.444 e. The first-order chi connectivity index (χ1) is 18.1. The lowest BCUT2D eigenvalue weighted by Crippen LogP contribution is -2.49. The Kier molecular flexibility index (Phi) is 7.30. The van der Waals surface area contributed by atoms with Crippen molar-refractivity contribution in [3.8, 4) is 0 Å². The summed E-state index contributed by atoms with van der Waals surface area (Å²) in [6.07, 6.45) is 4.28. The lowest BCUT2D eigenvalue weighted by molar-refractivity contribution is -0.120. The number of urea groups is 1. The Labute approximate surface area is 223 Å². The predicted octanol–water partition coefficient (Wildman–Crippen LogP) is 3.24. The van der Waals surface area contributed by atoms with E-state index in [-0.39, 0.29) is 18.4 Å². The number of nitrogens with one attached hydrogen (secondary N) is 1. The van der Waals surface area contributed by atoms with Crippen molar-refractivity contribution in [2.75, 3.05) is 44.2 Å². The molecule has 4 amide bonds. The molecule has 1 atom stereocenters. The van der Waals surface area contributed by atoms with Crippen LogP contribution in [0.25, 0.3) is 11.0 Å². The van der Waals surface area contributed by atoms with Crippen molar-refractivity contribution in [2.45, 2.75) is 64.4 Å². The van der Waals surface area contributed by atoms with Gasteiger partial charge in [-0.15, -0.1) is 0 Å². The molecule has 206 valence electrons. The quantitative estimate of drug-likeness (QED) is 0.652. The van der Waals surface area contributed by atoms with Crippen LogP contribution in [0.2, 0.25) is 0 Å². The third kappa shape index (κ3) is 5.77. The summed E-state index contributed by atoms with van der Waals surface area (Å²) in [5.74, 6) is 1.11. The Bertz CT molecular complexity index is 1210. The summed E-state index contributed by atoms with van der Waals surface area (Å²) < 4.78 is 7.30. The summed E-state index contributed by atoms with van der Waals surface area (Å²) in [6.45, 7) is 10.6. The van der Waals surface area contributed by atoms with Crippen molar-refractivity contribution in [3.05, 3.63) is 17.8 Å². The van der Waals surface area contributed by atoms with Crippen molar-refractivity contribution in [3.63, 3.8) is 0 Å². The van der Waals surface area contributed by atoms with Gasteiger partial charge in [-0.25, -0.2) is 19.3 Å². The van der Waals surface area contributed by atoms with Crippen LogP contribution in [-0.2, 0) is 16.6 Å². The van der Waals surface area contributed by atoms with Crippen LogP contribution in [0.1, 0.15) is 64.5 Å². The van der Waals surface area contributed by atoms with E-state index in [1.165, 1.54) is 4.90 Å². The van der Waals surface area contributed by atoms with Gasteiger partial charge in [0.2, 0.25) is 5.91 Å². The fourth-order valence-corrected chi connectivity index (χ4v) is 5.80.